The van der Waals surface area contributed by atoms with Crippen LogP contribution in [0.15, 0.2) is 24.3 Å². The minimum atomic E-state index is -1.02. The van der Waals surface area contributed by atoms with Crippen molar-refractivity contribution < 1.29 is 14.7 Å². The summed E-state index contributed by atoms with van der Waals surface area (Å²) in [4.78, 5) is 23.2. The Kier molecular flexibility index (Phi) is 5.36. The maximum absolute atomic E-state index is 12.1. The van der Waals surface area contributed by atoms with Crippen molar-refractivity contribution in [2.75, 3.05) is 11.9 Å². The van der Waals surface area contributed by atoms with Gasteiger partial charge < -0.3 is 15.7 Å². The fourth-order valence-corrected chi connectivity index (χ4v) is 1.76. The minimum absolute atomic E-state index is 0.173. The molecular weight excluding hydrogens is 244 g/mol. The Bertz CT molecular complexity index is 458. The van der Waals surface area contributed by atoms with Gasteiger partial charge in [-0.2, -0.15) is 0 Å². The first-order valence-corrected chi connectivity index (χ1v) is 6.34. The highest BCUT2D eigenvalue weighted by molar-refractivity contribution is 6.01. The average Bonchev–Trinajstić information content (AvgIpc) is 2.36. The molecule has 0 bridgehead atoms. The third kappa shape index (κ3) is 3.98. The SMILES string of the molecule is CCNc1ccccc1C(=O)NC(C(=O)O)C(C)C. The molecule has 1 atom stereocenters. The second-order valence-electron chi connectivity index (χ2n) is 4.61. The van der Waals surface area contributed by atoms with Gasteiger partial charge in [-0.25, -0.2) is 4.79 Å². The number of rotatable bonds is 6. The number of carbonyl (C=O) groups excluding carboxylic acids is 1. The van der Waals surface area contributed by atoms with E-state index in [1.54, 1.807) is 32.0 Å². The summed E-state index contributed by atoms with van der Waals surface area (Å²) in [5, 5.41) is 14.7. The lowest BCUT2D eigenvalue weighted by Gasteiger charge is -2.19. The molecule has 0 radical (unpaired) electrons. The number of nitrogens with one attached hydrogen (secondary N) is 2. The molecule has 0 spiro atoms. The van der Waals surface area contributed by atoms with E-state index in [2.05, 4.69) is 10.6 Å². The zero-order chi connectivity index (χ0) is 14.4. The maximum atomic E-state index is 12.1. The molecule has 104 valence electrons. The van der Waals surface area contributed by atoms with Crippen LogP contribution in [0.3, 0.4) is 0 Å². The van der Waals surface area contributed by atoms with Gasteiger partial charge in [-0.3, -0.25) is 4.79 Å². The number of carboxylic acids is 1. The standard InChI is InChI=1S/C14H20N2O3/c1-4-15-11-8-6-5-7-10(11)13(17)16-12(9(2)3)14(18)19/h5-9,12,15H,4H2,1-3H3,(H,16,17)(H,18,19). The second-order valence-corrected chi connectivity index (χ2v) is 4.61. The lowest BCUT2D eigenvalue weighted by atomic mass is 10.0. The van der Waals surface area contributed by atoms with Crippen LogP contribution >= 0.6 is 0 Å². The predicted octanol–water partition coefficient (Wildman–Crippen LogP) is 1.96. The van der Waals surface area contributed by atoms with E-state index >= 15 is 0 Å². The summed E-state index contributed by atoms with van der Waals surface area (Å²) in [7, 11) is 0. The van der Waals surface area contributed by atoms with Crippen LogP contribution in [0.25, 0.3) is 0 Å². The molecule has 1 aromatic carbocycles. The van der Waals surface area contributed by atoms with Gasteiger partial charge in [0.25, 0.3) is 5.91 Å². The summed E-state index contributed by atoms with van der Waals surface area (Å²) in [6.45, 7) is 6.14. The molecule has 5 heteroatoms. The molecule has 5 nitrogen and oxygen atoms in total. The molecule has 1 aromatic rings. The van der Waals surface area contributed by atoms with E-state index in [1.165, 1.54) is 0 Å². The van der Waals surface area contributed by atoms with Crippen molar-refractivity contribution in [1.29, 1.82) is 0 Å². The van der Waals surface area contributed by atoms with Crippen molar-refractivity contribution in [2.45, 2.75) is 26.8 Å². The number of hydrogen-bond donors (Lipinski definition) is 3. The Morgan fingerprint density at radius 3 is 2.42 bits per heavy atom. The molecule has 1 rings (SSSR count). The molecule has 0 saturated heterocycles. The number of carboxylic acid groups (broad SMARTS) is 1. The lowest BCUT2D eigenvalue weighted by molar-refractivity contribution is -0.140. The van der Waals surface area contributed by atoms with Gasteiger partial charge >= 0.3 is 5.97 Å². The molecule has 19 heavy (non-hydrogen) atoms. The Morgan fingerprint density at radius 1 is 1.26 bits per heavy atom. The first-order chi connectivity index (χ1) is 8.97. The van der Waals surface area contributed by atoms with Gasteiger partial charge in [0.05, 0.1) is 5.56 Å². The average molecular weight is 264 g/mol. The fourth-order valence-electron chi connectivity index (χ4n) is 1.76. The topological polar surface area (TPSA) is 78.4 Å². The monoisotopic (exact) mass is 264 g/mol. The molecule has 0 aliphatic rings. The number of para-hydroxylation sites is 1. The van der Waals surface area contributed by atoms with Gasteiger partial charge in [-0.1, -0.05) is 26.0 Å². The van der Waals surface area contributed by atoms with Gasteiger partial charge in [0, 0.05) is 12.2 Å². The van der Waals surface area contributed by atoms with Gasteiger partial charge in [-0.05, 0) is 25.0 Å². The number of amides is 1. The Hall–Kier alpha value is -2.04. The van der Waals surface area contributed by atoms with Crippen molar-refractivity contribution in [3.8, 4) is 0 Å². The third-order valence-corrected chi connectivity index (χ3v) is 2.76. The third-order valence-electron chi connectivity index (χ3n) is 2.76. The van der Waals surface area contributed by atoms with Crippen molar-refractivity contribution >= 4 is 17.6 Å². The largest absolute Gasteiger partial charge is 0.480 e. The van der Waals surface area contributed by atoms with Crippen LogP contribution < -0.4 is 10.6 Å². The second kappa shape index (κ2) is 6.78. The van der Waals surface area contributed by atoms with E-state index in [0.717, 1.165) is 0 Å². The summed E-state index contributed by atoms with van der Waals surface area (Å²) in [5.74, 6) is -1.57. The minimum Gasteiger partial charge on any atom is -0.480 e. The quantitative estimate of drug-likeness (QED) is 0.734. The van der Waals surface area contributed by atoms with Crippen LogP contribution in [0.4, 0.5) is 5.69 Å². The van der Waals surface area contributed by atoms with Crippen LogP contribution in [-0.2, 0) is 4.79 Å². The molecule has 0 aliphatic carbocycles. The van der Waals surface area contributed by atoms with Crippen LogP contribution in [0.1, 0.15) is 31.1 Å². The van der Waals surface area contributed by atoms with Crippen LogP contribution in [0, 0.1) is 5.92 Å². The van der Waals surface area contributed by atoms with Gasteiger partial charge in [0.15, 0.2) is 0 Å². The summed E-state index contributed by atoms with van der Waals surface area (Å²) in [5.41, 5.74) is 1.16. The summed E-state index contributed by atoms with van der Waals surface area (Å²) in [6, 6.07) is 6.16. The van der Waals surface area contributed by atoms with E-state index < -0.39 is 12.0 Å². The van der Waals surface area contributed by atoms with E-state index in [9.17, 15) is 9.59 Å². The normalized spacial score (nSPS) is 12.0. The molecule has 0 saturated carbocycles. The molecule has 0 aliphatic heterocycles. The van der Waals surface area contributed by atoms with E-state index in [-0.39, 0.29) is 11.8 Å². The fraction of sp³-hybridized carbons (Fsp3) is 0.429. The number of benzene rings is 1. The lowest BCUT2D eigenvalue weighted by Crippen LogP contribution is -2.44. The van der Waals surface area contributed by atoms with Gasteiger partial charge in [-0.15, -0.1) is 0 Å². The zero-order valence-corrected chi connectivity index (χ0v) is 11.4. The zero-order valence-electron chi connectivity index (χ0n) is 11.4. The summed E-state index contributed by atoms with van der Waals surface area (Å²) < 4.78 is 0. The highest BCUT2D eigenvalue weighted by Crippen LogP contribution is 2.15. The Labute approximate surface area is 113 Å². The predicted molar refractivity (Wildman–Crippen MR) is 74.3 cm³/mol. The van der Waals surface area contributed by atoms with Crippen LogP contribution in [0.2, 0.25) is 0 Å². The van der Waals surface area contributed by atoms with Crippen molar-refractivity contribution in [3.63, 3.8) is 0 Å². The first kappa shape index (κ1) is 15.0. The number of anilines is 1. The highest BCUT2D eigenvalue weighted by Gasteiger charge is 2.24. The van der Waals surface area contributed by atoms with Crippen molar-refractivity contribution in [1.82, 2.24) is 5.32 Å². The summed E-state index contributed by atoms with van der Waals surface area (Å²) in [6.07, 6.45) is 0. The molecule has 1 unspecified atom stereocenters. The molecule has 0 aromatic heterocycles. The van der Waals surface area contributed by atoms with Crippen molar-refractivity contribution in [2.24, 2.45) is 5.92 Å². The van der Waals surface area contributed by atoms with Gasteiger partial charge in [0.2, 0.25) is 0 Å². The van der Waals surface area contributed by atoms with E-state index in [4.69, 9.17) is 5.11 Å². The smallest absolute Gasteiger partial charge is 0.326 e. The Morgan fingerprint density at radius 2 is 1.89 bits per heavy atom. The van der Waals surface area contributed by atoms with E-state index in [1.807, 2.05) is 13.0 Å². The maximum Gasteiger partial charge on any atom is 0.326 e. The highest BCUT2D eigenvalue weighted by atomic mass is 16.4. The molecule has 3 N–H and O–H groups in total. The van der Waals surface area contributed by atoms with Gasteiger partial charge in [0.1, 0.15) is 6.04 Å². The number of carbonyl (C=O) groups is 2. The van der Waals surface area contributed by atoms with Crippen molar-refractivity contribution in [3.05, 3.63) is 29.8 Å². The Balaban J connectivity index is 2.91. The molecular formula is C14H20N2O3. The van der Waals surface area contributed by atoms with E-state index in [0.29, 0.717) is 17.8 Å². The van der Waals surface area contributed by atoms with Crippen LogP contribution in [0.5, 0.6) is 0 Å². The van der Waals surface area contributed by atoms with Crippen LogP contribution in [-0.4, -0.2) is 29.6 Å². The molecule has 0 heterocycles. The number of aliphatic carboxylic acids is 1. The number of hydrogen-bond acceptors (Lipinski definition) is 3. The molecule has 1 amide bonds. The molecule has 0 fully saturated rings. The summed E-state index contributed by atoms with van der Waals surface area (Å²) >= 11 is 0. The first-order valence-electron chi connectivity index (χ1n) is 6.34.